The maximum atomic E-state index is 10.6. The molecule has 0 aromatic heterocycles. The third kappa shape index (κ3) is 3.67. The van der Waals surface area contributed by atoms with Crippen LogP contribution in [0.15, 0.2) is 12.2 Å². The van der Waals surface area contributed by atoms with Crippen molar-refractivity contribution in [1.82, 2.24) is 0 Å². The first-order chi connectivity index (χ1) is 7.15. The Balaban J connectivity index is 2.48. The zero-order valence-electron chi connectivity index (χ0n) is 9.22. The van der Waals surface area contributed by atoms with Crippen molar-refractivity contribution >= 4 is 5.97 Å². The van der Waals surface area contributed by atoms with Crippen LogP contribution in [0.25, 0.3) is 0 Å². The van der Waals surface area contributed by atoms with Crippen molar-refractivity contribution in [2.75, 3.05) is 0 Å². The van der Waals surface area contributed by atoms with Crippen LogP contribution in [-0.2, 0) is 4.79 Å². The monoisotopic (exact) mass is 212 g/mol. The van der Waals surface area contributed by atoms with Gasteiger partial charge < -0.3 is 10.2 Å². The predicted octanol–water partition coefficient (Wildman–Crippen LogP) is 2.20. The number of aliphatic hydroxyl groups is 1. The van der Waals surface area contributed by atoms with Crippen LogP contribution in [-0.4, -0.2) is 22.3 Å². The number of allylic oxidation sites excluding steroid dienone is 2. The number of carboxylic acid groups (broad SMARTS) is 1. The van der Waals surface area contributed by atoms with Gasteiger partial charge in [-0.3, -0.25) is 4.79 Å². The highest BCUT2D eigenvalue weighted by atomic mass is 16.4. The second-order valence-electron chi connectivity index (χ2n) is 4.28. The van der Waals surface area contributed by atoms with Crippen LogP contribution >= 0.6 is 0 Å². The second kappa shape index (κ2) is 5.91. The topological polar surface area (TPSA) is 57.5 Å². The fourth-order valence-corrected chi connectivity index (χ4v) is 2.37. The summed E-state index contributed by atoms with van der Waals surface area (Å²) in [6, 6.07) is 0. The molecule has 0 bridgehead atoms. The number of aliphatic hydroxyl groups excluding tert-OH is 1. The van der Waals surface area contributed by atoms with Gasteiger partial charge in [0, 0.05) is 6.42 Å². The summed E-state index contributed by atoms with van der Waals surface area (Å²) in [5, 5.41) is 18.5. The van der Waals surface area contributed by atoms with Gasteiger partial charge in [0.05, 0.1) is 6.10 Å². The third-order valence-corrected chi connectivity index (χ3v) is 3.18. The molecule has 0 aromatic carbocycles. The van der Waals surface area contributed by atoms with Crippen LogP contribution in [0.1, 0.15) is 39.0 Å². The lowest BCUT2D eigenvalue weighted by molar-refractivity contribution is -0.138. The van der Waals surface area contributed by atoms with E-state index in [0.29, 0.717) is 0 Å². The average Bonchev–Trinajstić information content (AvgIpc) is 2.49. The Hall–Kier alpha value is -0.830. The van der Waals surface area contributed by atoms with Gasteiger partial charge in [-0.15, -0.1) is 0 Å². The van der Waals surface area contributed by atoms with Crippen molar-refractivity contribution in [3.05, 3.63) is 12.2 Å². The maximum Gasteiger partial charge on any atom is 0.303 e. The summed E-state index contributed by atoms with van der Waals surface area (Å²) in [6.07, 6.45) is 7.43. The van der Waals surface area contributed by atoms with Gasteiger partial charge in [-0.05, 0) is 37.5 Å². The standard InChI is InChI=1S/C12H20O3/c1-2-3-4-5-10-9(8-12(14)15)6-7-11(10)13/h3-4,9-11,13H,2,5-8H2,1H3,(H,14,15)/b4-3-/t9-,10+,11?/m1/s1. The van der Waals surface area contributed by atoms with Gasteiger partial charge in [0.15, 0.2) is 0 Å². The van der Waals surface area contributed by atoms with Gasteiger partial charge in [-0.1, -0.05) is 19.1 Å². The van der Waals surface area contributed by atoms with Crippen LogP contribution in [0.3, 0.4) is 0 Å². The molecule has 0 radical (unpaired) electrons. The summed E-state index contributed by atoms with van der Waals surface area (Å²) in [6.45, 7) is 2.07. The molecule has 1 unspecified atom stereocenters. The van der Waals surface area contributed by atoms with E-state index in [0.717, 1.165) is 25.7 Å². The summed E-state index contributed by atoms with van der Waals surface area (Å²) in [5.74, 6) is -0.457. The number of rotatable bonds is 5. The van der Waals surface area contributed by atoms with E-state index in [-0.39, 0.29) is 24.4 Å². The molecular formula is C12H20O3. The number of carbonyl (C=O) groups is 1. The van der Waals surface area contributed by atoms with E-state index in [1.807, 2.05) is 0 Å². The highest BCUT2D eigenvalue weighted by molar-refractivity contribution is 5.67. The van der Waals surface area contributed by atoms with Crippen molar-refractivity contribution in [2.24, 2.45) is 11.8 Å². The molecule has 0 heterocycles. The maximum absolute atomic E-state index is 10.6. The van der Waals surface area contributed by atoms with E-state index in [1.165, 1.54) is 0 Å². The van der Waals surface area contributed by atoms with Gasteiger partial charge in [-0.25, -0.2) is 0 Å². The quantitative estimate of drug-likeness (QED) is 0.687. The smallest absolute Gasteiger partial charge is 0.303 e. The first-order valence-electron chi connectivity index (χ1n) is 5.70. The van der Waals surface area contributed by atoms with Crippen molar-refractivity contribution in [1.29, 1.82) is 0 Å². The molecule has 3 nitrogen and oxygen atoms in total. The second-order valence-corrected chi connectivity index (χ2v) is 4.28. The fourth-order valence-electron chi connectivity index (χ4n) is 2.37. The fraction of sp³-hybridized carbons (Fsp3) is 0.750. The Morgan fingerprint density at radius 2 is 2.13 bits per heavy atom. The molecule has 0 spiro atoms. The zero-order valence-corrected chi connectivity index (χ0v) is 9.22. The summed E-state index contributed by atoms with van der Waals surface area (Å²) < 4.78 is 0. The molecule has 0 amide bonds. The minimum Gasteiger partial charge on any atom is -0.481 e. The van der Waals surface area contributed by atoms with E-state index >= 15 is 0 Å². The SMILES string of the molecule is CC/C=C\C[C@@H]1C(O)CC[C@@H]1CC(=O)O. The average molecular weight is 212 g/mol. The lowest BCUT2D eigenvalue weighted by Crippen LogP contribution is -2.20. The van der Waals surface area contributed by atoms with E-state index in [4.69, 9.17) is 5.11 Å². The van der Waals surface area contributed by atoms with Crippen molar-refractivity contribution in [3.63, 3.8) is 0 Å². The first-order valence-corrected chi connectivity index (χ1v) is 5.70. The highest BCUT2D eigenvalue weighted by Crippen LogP contribution is 2.36. The minimum atomic E-state index is -0.751. The van der Waals surface area contributed by atoms with Gasteiger partial charge in [-0.2, -0.15) is 0 Å². The lowest BCUT2D eigenvalue weighted by Gasteiger charge is -2.18. The van der Waals surface area contributed by atoms with Crippen molar-refractivity contribution in [3.8, 4) is 0 Å². The van der Waals surface area contributed by atoms with Crippen LogP contribution in [0.2, 0.25) is 0 Å². The molecular weight excluding hydrogens is 192 g/mol. The lowest BCUT2D eigenvalue weighted by atomic mass is 9.89. The molecule has 1 aliphatic rings. The number of aliphatic carboxylic acids is 1. The van der Waals surface area contributed by atoms with Gasteiger partial charge in [0.25, 0.3) is 0 Å². The van der Waals surface area contributed by atoms with Crippen LogP contribution in [0.4, 0.5) is 0 Å². The van der Waals surface area contributed by atoms with Crippen molar-refractivity contribution in [2.45, 2.75) is 45.1 Å². The van der Waals surface area contributed by atoms with Crippen LogP contribution in [0.5, 0.6) is 0 Å². The molecule has 0 aliphatic heterocycles. The largest absolute Gasteiger partial charge is 0.481 e. The number of hydrogen-bond acceptors (Lipinski definition) is 2. The van der Waals surface area contributed by atoms with E-state index in [1.54, 1.807) is 0 Å². The number of carboxylic acids is 1. The van der Waals surface area contributed by atoms with Crippen LogP contribution in [0, 0.1) is 11.8 Å². The van der Waals surface area contributed by atoms with E-state index in [9.17, 15) is 9.90 Å². The predicted molar refractivity (Wildman–Crippen MR) is 58.5 cm³/mol. The Kier molecular flexibility index (Phi) is 4.82. The number of hydrogen-bond donors (Lipinski definition) is 2. The molecule has 1 aliphatic carbocycles. The molecule has 3 heteroatoms. The van der Waals surface area contributed by atoms with Gasteiger partial charge in [0.1, 0.15) is 0 Å². The molecule has 2 N–H and O–H groups in total. The van der Waals surface area contributed by atoms with Crippen molar-refractivity contribution < 1.29 is 15.0 Å². The molecule has 1 fully saturated rings. The Bertz CT molecular complexity index is 235. The minimum absolute atomic E-state index is 0.142. The Morgan fingerprint density at radius 3 is 2.73 bits per heavy atom. The molecule has 1 saturated carbocycles. The normalized spacial score (nSPS) is 31.2. The molecule has 0 saturated heterocycles. The summed E-state index contributed by atoms with van der Waals surface area (Å²) >= 11 is 0. The van der Waals surface area contributed by atoms with Gasteiger partial charge >= 0.3 is 5.97 Å². The summed E-state index contributed by atoms with van der Waals surface area (Å²) in [5.41, 5.74) is 0. The molecule has 0 aromatic rings. The van der Waals surface area contributed by atoms with E-state index in [2.05, 4.69) is 19.1 Å². The zero-order chi connectivity index (χ0) is 11.3. The Labute approximate surface area is 90.8 Å². The molecule has 15 heavy (non-hydrogen) atoms. The molecule has 1 rings (SSSR count). The molecule has 86 valence electrons. The van der Waals surface area contributed by atoms with Gasteiger partial charge in [0.2, 0.25) is 0 Å². The highest BCUT2D eigenvalue weighted by Gasteiger charge is 2.34. The third-order valence-electron chi connectivity index (χ3n) is 3.18. The molecule has 3 atom stereocenters. The Morgan fingerprint density at radius 1 is 1.40 bits per heavy atom. The van der Waals surface area contributed by atoms with E-state index < -0.39 is 5.97 Å². The first kappa shape index (κ1) is 12.2. The summed E-state index contributed by atoms with van der Waals surface area (Å²) in [7, 11) is 0. The van der Waals surface area contributed by atoms with Crippen LogP contribution < -0.4 is 0 Å². The summed E-state index contributed by atoms with van der Waals surface area (Å²) in [4.78, 5) is 10.6.